The van der Waals surface area contributed by atoms with Crippen molar-refractivity contribution in [1.29, 1.82) is 0 Å². The molecule has 1 fully saturated rings. The highest BCUT2D eigenvalue weighted by molar-refractivity contribution is 5.82. The molecule has 3 atom stereocenters. The molecule has 0 aromatic rings. The number of nitrogens with two attached hydrogens (primary N) is 2. The molecule has 6 nitrogen and oxygen atoms in total. The smallest absolute Gasteiger partial charge is 0.239 e. The summed E-state index contributed by atoms with van der Waals surface area (Å²) in [6.07, 6.45) is 50.6. The van der Waals surface area contributed by atoms with Gasteiger partial charge in [0.05, 0.1) is 6.04 Å². The minimum Gasteiger partial charge on any atom is -0.374 e. The summed E-state index contributed by atoms with van der Waals surface area (Å²) >= 11 is 0. The van der Waals surface area contributed by atoms with Gasteiger partial charge >= 0.3 is 0 Å². The summed E-state index contributed by atoms with van der Waals surface area (Å²) in [5.41, 5.74) is 11.9. The van der Waals surface area contributed by atoms with Gasteiger partial charge in [0.1, 0.15) is 12.2 Å². The van der Waals surface area contributed by atoms with Crippen LogP contribution in [-0.2, 0) is 14.3 Å². The zero-order valence-corrected chi connectivity index (χ0v) is 34.3. The lowest BCUT2D eigenvalue weighted by atomic mass is 10.1. The molecule has 0 bridgehead atoms. The fraction of sp³-hybridized carbons (Fsp3) is 0.804. The molecule has 4 N–H and O–H groups in total. The molecule has 1 heterocycles. The predicted molar refractivity (Wildman–Crippen MR) is 226 cm³/mol. The first-order valence-electron chi connectivity index (χ1n) is 22.2. The Hall–Kier alpha value is -1.73. The summed E-state index contributed by atoms with van der Waals surface area (Å²) in [6, 6.07) is -0.466. The van der Waals surface area contributed by atoms with Crippen LogP contribution >= 0.6 is 0 Å². The van der Waals surface area contributed by atoms with Gasteiger partial charge in [0.2, 0.25) is 5.91 Å². The third-order valence-electron chi connectivity index (χ3n) is 10.2. The highest BCUT2D eigenvalue weighted by Gasteiger charge is 2.38. The summed E-state index contributed by atoms with van der Waals surface area (Å²) in [7, 11) is 0. The van der Waals surface area contributed by atoms with Gasteiger partial charge in [-0.3, -0.25) is 4.79 Å². The summed E-state index contributed by atoms with van der Waals surface area (Å²) in [4.78, 5) is 15.0. The number of carbonyl (C=O) groups excluding carboxylic acids is 1. The Labute approximate surface area is 322 Å². The first kappa shape index (κ1) is 48.3. The lowest BCUT2D eigenvalue weighted by molar-refractivity contribution is -0.132. The normalized spacial score (nSPS) is 17.3. The summed E-state index contributed by atoms with van der Waals surface area (Å²) in [6.45, 7) is 7.78. The van der Waals surface area contributed by atoms with E-state index < -0.39 is 6.04 Å². The van der Waals surface area contributed by atoms with E-state index in [0.717, 1.165) is 51.7 Å². The van der Waals surface area contributed by atoms with Crippen LogP contribution in [0.25, 0.3) is 0 Å². The molecule has 1 amide bonds. The highest BCUT2D eigenvalue weighted by atomic mass is 16.5. The molecule has 1 aliphatic rings. The monoisotopic (exact) mass is 728 g/mol. The first-order chi connectivity index (χ1) is 25.6. The van der Waals surface area contributed by atoms with Crippen molar-refractivity contribution >= 4 is 5.91 Å². The number of unbranched alkanes of at least 4 members (excludes halogenated alkanes) is 19. The molecule has 0 aromatic heterocycles. The van der Waals surface area contributed by atoms with E-state index in [4.69, 9.17) is 20.9 Å². The van der Waals surface area contributed by atoms with Crippen molar-refractivity contribution < 1.29 is 14.3 Å². The molecule has 302 valence electrons. The van der Waals surface area contributed by atoms with E-state index in [-0.39, 0.29) is 18.1 Å². The van der Waals surface area contributed by atoms with Crippen LogP contribution in [0.15, 0.2) is 48.6 Å². The Kier molecular flexibility index (Phi) is 34.9. The number of amides is 1. The zero-order valence-electron chi connectivity index (χ0n) is 34.3. The SMILES string of the molecule is CCCCCC=CCC=CCCCCCCCCOC1CN(C(=O)[C@@H](N)CCCCN)CC1OCCCCCCCCC=CCC=CCCCCC. The number of hydrogen-bond acceptors (Lipinski definition) is 5. The van der Waals surface area contributed by atoms with Gasteiger partial charge in [-0.2, -0.15) is 0 Å². The van der Waals surface area contributed by atoms with Crippen molar-refractivity contribution in [1.82, 2.24) is 4.90 Å². The van der Waals surface area contributed by atoms with Crippen molar-refractivity contribution in [2.24, 2.45) is 11.5 Å². The van der Waals surface area contributed by atoms with Crippen LogP contribution in [0.3, 0.4) is 0 Å². The molecule has 52 heavy (non-hydrogen) atoms. The molecule has 0 saturated carbocycles. The molecule has 0 spiro atoms. The number of allylic oxidation sites excluding steroid dienone is 8. The predicted octanol–water partition coefficient (Wildman–Crippen LogP) is 11.7. The Morgan fingerprint density at radius 3 is 1.35 bits per heavy atom. The Bertz CT molecular complexity index is 843. The highest BCUT2D eigenvalue weighted by Crippen LogP contribution is 2.20. The quantitative estimate of drug-likeness (QED) is 0.0491. The van der Waals surface area contributed by atoms with E-state index in [2.05, 4.69) is 62.5 Å². The van der Waals surface area contributed by atoms with Crippen LogP contribution in [0.4, 0.5) is 0 Å². The maximum atomic E-state index is 13.1. The molecule has 2 unspecified atom stereocenters. The van der Waals surface area contributed by atoms with E-state index in [9.17, 15) is 4.79 Å². The van der Waals surface area contributed by atoms with Gasteiger partial charge in [0.25, 0.3) is 0 Å². The molecular weight excluding hydrogens is 643 g/mol. The molecule has 0 aliphatic carbocycles. The number of rotatable bonds is 37. The summed E-state index contributed by atoms with van der Waals surface area (Å²) in [5, 5.41) is 0. The van der Waals surface area contributed by atoms with Crippen LogP contribution in [0.2, 0.25) is 0 Å². The molecular formula is C46H85N3O3. The van der Waals surface area contributed by atoms with E-state index in [1.165, 1.54) is 128 Å². The van der Waals surface area contributed by atoms with Crippen LogP contribution < -0.4 is 11.5 Å². The second-order valence-corrected chi connectivity index (χ2v) is 15.1. The summed E-state index contributed by atoms with van der Waals surface area (Å²) < 4.78 is 12.8. The van der Waals surface area contributed by atoms with E-state index in [0.29, 0.717) is 26.1 Å². The second kappa shape index (κ2) is 37.6. The molecule has 6 heteroatoms. The Morgan fingerprint density at radius 1 is 0.558 bits per heavy atom. The largest absolute Gasteiger partial charge is 0.374 e. The molecule has 0 aromatic carbocycles. The lowest BCUT2D eigenvalue weighted by Crippen LogP contribution is -2.43. The average Bonchev–Trinajstić information content (AvgIpc) is 3.56. The zero-order chi connectivity index (χ0) is 37.6. The number of carbonyl (C=O) groups is 1. The van der Waals surface area contributed by atoms with Crippen LogP contribution in [0.1, 0.15) is 187 Å². The van der Waals surface area contributed by atoms with Crippen molar-refractivity contribution in [3.8, 4) is 0 Å². The molecule has 1 saturated heterocycles. The standard InChI is InChI=1S/C46H85N3O3/c1-3-5-7-9-11-13-15-17-19-21-23-25-27-29-31-35-39-51-44-41-49(46(50)43(48)37-33-34-38-47)42-45(44)52-40-36-32-30-28-26-24-22-20-18-16-14-12-10-8-6-4-2/h11-14,17-20,43-45H,3-10,15-16,21-42,47-48H2,1-2H3/t43-,44?,45?/m0/s1. The van der Waals surface area contributed by atoms with Gasteiger partial charge < -0.3 is 25.8 Å². The summed E-state index contributed by atoms with van der Waals surface area (Å²) in [5.74, 6) is 0.0270. The number of ether oxygens (including phenoxy) is 2. The number of hydrogen-bond donors (Lipinski definition) is 2. The number of likely N-dealkylation sites (tertiary alicyclic amines) is 1. The van der Waals surface area contributed by atoms with E-state index in [1.54, 1.807) is 0 Å². The fourth-order valence-corrected chi connectivity index (χ4v) is 6.76. The van der Waals surface area contributed by atoms with Crippen molar-refractivity contribution in [3.05, 3.63) is 48.6 Å². The molecule has 0 radical (unpaired) electrons. The number of nitrogens with zero attached hydrogens (tertiary/aromatic N) is 1. The molecule has 1 aliphatic heterocycles. The first-order valence-corrected chi connectivity index (χ1v) is 22.2. The van der Waals surface area contributed by atoms with Crippen molar-refractivity contribution in [3.63, 3.8) is 0 Å². The molecule has 1 rings (SSSR count). The van der Waals surface area contributed by atoms with Crippen molar-refractivity contribution in [2.75, 3.05) is 32.8 Å². The minimum absolute atomic E-state index is 0.0270. The third kappa shape index (κ3) is 28.7. The Balaban J connectivity index is 2.24. The maximum Gasteiger partial charge on any atom is 0.239 e. The van der Waals surface area contributed by atoms with E-state index >= 15 is 0 Å². The van der Waals surface area contributed by atoms with Gasteiger partial charge in [-0.05, 0) is 96.4 Å². The lowest BCUT2D eigenvalue weighted by Gasteiger charge is -2.20. The second-order valence-electron chi connectivity index (χ2n) is 15.1. The Morgan fingerprint density at radius 2 is 0.942 bits per heavy atom. The van der Waals surface area contributed by atoms with Gasteiger partial charge in [-0.15, -0.1) is 0 Å². The van der Waals surface area contributed by atoms with Crippen LogP contribution in [-0.4, -0.2) is 61.9 Å². The van der Waals surface area contributed by atoms with Crippen LogP contribution in [0, 0.1) is 0 Å². The van der Waals surface area contributed by atoms with Gasteiger partial charge in [0.15, 0.2) is 0 Å². The van der Waals surface area contributed by atoms with Gasteiger partial charge in [-0.25, -0.2) is 0 Å². The average molecular weight is 728 g/mol. The third-order valence-corrected chi connectivity index (χ3v) is 10.2. The topological polar surface area (TPSA) is 90.8 Å². The van der Waals surface area contributed by atoms with Crippen molar-refractivity contribution in [2.45, 2.75) is 205 Å². The maximum absolute atomic E-state index is 13.1. The van der Waals surface area contributed by atoms with Gasteiger partial charge in [0, 0.05) is 26.3 Å². The fourth-order valence-electron chi connectivity index (χ4n) is 6.76. The minimum atomic E-state index is -0.466. The van der Waals surface area contributed by atoms with Crippen LogP contribution in [0.5, 0.6) is 0 Å². The van der Waals surface area contributed by atoms with E-state index in [1.807, 2.05) is 4.90 Å². The van der Waals surface area contributed by atoms with Gasteiger partial charge in [-0.1, -0.05) is 146 Å².